The number of anilines is 1. The van der Waals surface area contributed by atoms with Gasteiger partial charge in [-0.15, -0.1) is 0 Å². The van der Waals surface area contributed by atoms with Crippen LogP contribution in [0.15, 0.2) is 89.4 Å². The van der Waals surface area contributed by atoms with Crippen molar-refractivity contribution < 1.29 is 18.0 Å². The molecule has 1 aliphatic carbocycles. The van der Waals surface area contributed by atoms with Crippen LogP contribution in [0, 0.1) is 6.92 Å². The predicted molar refractivity (Wildman–Crippen MR) is 128 cm³/mol. The van der Waals surface area contributed by atoms with Crippen LogP contribution in [-0.2, 0) is 21.4 Å². The lowest BCUT2D eigenvalue weighted by atomic mass is 10.1. The van der Waals surface area contributed by atoms with Crippen molar-refractivity contribution in [2.75, 3.05) is 5.32 Å². The maximum absolute atomic E-state index is 13.1. The molecular formula is C24H26N4O4S. The Morgan fingerprint density at radius 1 is 1.03 bits per heavy atom. The van der Waals surface area contributed by atoms with Crippen LogP contribution in [0.2, 0.25) is 0 Å². The molecule has 0 radical (unpaired) electrons. The third kappa shape index (κ3) is 6.90. The zero-order chi connectivity index (χ0) is 23.8. The number of rotatable bonds is 8. The first-order chi connectivity index (χ1) is 15.7. The van der Waals surface area contributed by atoms with E-state index < -0.39 is 28.0 Å². The molecule has 2 aromatic carbocycles. The van der Waals surface area contributed by atoms with E-state index in [0.717, 1.165) is 5.56 Å². The van der Waals surface area contributed by atoms with Crippen molar-refractivity contribution in [3.8, 4) is 0 Å². The van der Waals surface area contributed by atoms with Crippen LogP contribution in [-0.4, -0.2) is 26.4 Å². The van der Waals surface area contributed by atoms with Gasteiger partial charge in [-0.1, -0.05) is 60.2 Å². The van der Waals surface area contributed by atoms with Crippen LogP contribution in [0.3, 0.4) is 0 Å². The Labute approximate surface area is 193 Å². The highest BCUT2D eigenvalue weighted by atomic mass is 32.2. The van der Waals surface area contributed by atoms with Crippen LogP contribution in [0.4, 0.5) is 10.5 Å². The monoisotopic (exact) mass is 466 g/mol. The van der Waals surface area contributed by atoms with E-state index in [4.69, 9.17) is 5.73 Å². The molecule has 3 rings (SSSR count). The van der Waals surface area contributed by atoms with Crippen molar-refractivity contribution in [3.63, 3.8) is 0 Å². The van der Waals surface area contributed by atoms with Gasteiger partial charge in [-0.25, -0.2) is 13.2 Å². The van der Waals surface area contributed by atoms with Crippen molar-refractivity contribution in [2.45, 2.75) is 30.8 Å². The number of sulfonamides is 1. The van der Waals surface area contributed by atoms with Gasteiger partial charge in [0.1, 0.15) is 6.04 Å². The highest BCUT2D eigenvalue weighted by molar-refractivity contribution is 7.89. The fraction of sp³-hybridized carbons (Fsp3) is 0.167. The van der Waals surface area contributed by atoms with Gasteiger partial charge in [0.2, 0.25) is 15.9 Å². The summed E-state index contributed by atoms with van der Waals surface area (Å²) in [6.45, 7) is 2.11. The summed E-state index contributed by atoms with van der Waals surface area (Å²) in [5.41, 5.74) is 7.86. The molecular weight excluding hydrogens is 440 g/mol. The molecule has 0 aliphatic heterocycles. The smallest absolute Gasteiger partial charge is 0.312 e. The number of carbonyl (C=O) groups excluding carboxylic acids is 2. The second-order valence-corrected chi connectivity index (χ2v) is 9.22. The van der Waals surface area contributed by atoms with Gasteiger partial charge in [-0.2, -0.15) is 4.72 Å². The molecule has 5 N–H and O–H groups in total. The number of hydrogen-bond acceptors (Lipinski definition) is 4. The minimum atomic E-state index is -4.03. The van der Waals surface area contributed by atoms with Crippen LogP contribution in [0.5, 0.6) is 0 Å². The zero-order valence-electron chi connectivity index (χ0n) is 18.1. The van der Waals surface area contributed by atoms with Crippen molar-refractivity contribution in [3.05, 3.63) is 95.6 Å². The van der Waals surface area contributed by atoms with Gasteiger partial charge in [0.05, 0.1) is 4.90 Å². The zero-order valence-corrected chi connectivity index (χ0v) is 18.9. The van der Waals surface area contributed by atoms with Gasteiger partial charge >= 0.3 is 6.03 Å². The maximum Gasteiger partial charge on any atom is 0.312 e. The Morgan fingerprint density at radius 2 is 1.73 bits per heavy atom. The molecule has 0 fully saturated rings. The van der Waals surface area contributed by atoms with E-state index >= 15 is 0 Å². The summed E-state index contributed by atoms with van der Waals surface area (Å²) >= 11 is 0. The quantitative estimate of drug-likeness (QED) is 0.476. The SMILES string of the molecule is Cc1ccc(NC(=O)C(NS(=O)(=O)c2ccc(CNC(N)=O)cc2)C2=CC=CCC=C2)cc1. The first kappa shape index (κ1) is 24.0. The van der Waals surface area contributed by atoms with Gasteiger partial charge in [0.15, 0.2) is 0 Å². The Kier molecular flexibility index (Phi) is 7.81. The van der Waals surface area contributed by atoms with E-state index in [0.29, 0.717) is 23.2 Å². The molecule has 0 saturated carbocycles. The summed E-state index contributed by atoms with van der Waals surface area (Å²) in [6, 6.07) is 11.4. The molecule has 0 heterocycles. The average molecular weight is 467 g/mol. The number of hydrogen-bond donors (Lipinski definition) is 4. The van der Waals surface area contributed by atoms with Crippen LogP contribution < -0.4 is 21.1 Å². The summed E-state index contributed by atoms with van der Waals surface area (Å²) in [7, 11) is -4.03. The number of allylic oxidation sites excluding steroid dienone is 4. The maximum atomic E-state index is 13.1. The standard InChI is InChI=1S/C24H26N4O4S/c1-17-8-12-20(13-9-17)27-23(29)22(19-6-4-2-3-5-7-19)28-33(31,32)21-14-10-18(11-15-21)16-26-24(25)30/h2,4-15,22,28H,3,16H2,1H3,(H,27,29)(H3,25,26,30). The van der Waals surface area contributed by atoms with E-state index in [9.17, 15) is 18.0 Å². The molecule has 0 bridgehead atoms. The van der Waals surface area contributed by atoms with Crippen molar-refractivity contribution in [1.82, 2.24) is 10.0 Å². The summed E-state index contributed by atoms with van der Waals surface area (Å²) in [4.78, 5) is 24.0. The molecule has 0 spiro atoms. The molecule has 9 heteroatoms. The Morgan fingerprint density at radius 3 is 2.39 bits per heavy atom. The third-order valence-corrected chi connectivity index (χ3v) is 6.33. The lowest BCUT2D eigenvalue weighted by molar-refractivity contribution is -0.116. The van der Waals surface area contributed by atoms with Gasteiger partial charge in [0.25, 0.3) is 0 Å². The number of primary amides is 1. The fourth-order valence-electron chi connectivity index (χ4n) is 3.11. The third-order valence-electron chi connectivity index (χ3n) is 4.90. The number of aryl methyl sites for hydroxylation is 1. The van der Waals surface area contributed by atoms with Gasteiger partial charge < -0.3 is 16.4 Å². The Hall–Kier alpha value is -3.69. The van der Waals surface area contributed by atoms with E-state index in [2.05, 4.69) is 15.4 Å². The highest BCUT2D eigenvalue weighted by Crippen LogP contribution is 2.18. The lowest BCUT2D eigenvalue weighted by Crippen LogP contribution is -2.44. The molecule has 1 atom stereocenters. The number of nitrogens with one attached hydrogen (secondary N) is 3. The molecule has 0 saturated heterocycles. The molecule has 8 nitrogen and oxygen atoms in total. The fourth-order valence-corrected chi connectivity index (χ4v) is 4.30. The van der Waals surface area contributed by atoms with E-state index in [1.807, 2.05) is 31.2 Å². The molecule has 33 heavy (non-hydrogen) atoms. The minimum Gasteiger partial charge on any atom is -0.352 e. The van der Waals surface area contributed by atoms with Crippen molar-refractivity contribution in [1.29, 1.82) is 0 Å². The Balaban J connectivity index is 1.84. The van der Waals surface area contributed by atoms with Crippen molar-refractivity contribution in [2.24, 2.45) is 5.73 Å². The summed E-state index contributed by atoms with van der Waals surface area (Å²) in [6.07, 6.45) is 9.68. The predicted octanol–water partition coefficient (Wildman–Crippen LogP) is 2.89. The largest absolute Gasteiger partial charge is 0.352 e. The van der Waals surface area contributed by atoms with Gasteiger partial charge in [-0.05, 0) is 48.7 Å². The molecule has 2 aromatic rings. The van der Waals surface area contributed by atoms with Gasteiger partial charge in [-0.3, -0.25) is 4.79 Å². The van der Waals surface area contributed by atoms with E-state index in [-0.39, 0.29) is 11.4 Å². The van der Waals surface area contributed by atoms with Crippen molar-refractivity contribution >= 4 is 27.6 Å². The molecule has 172 valence electrons. The van der Waals surface area contributed by atoms with Crippen LogP contribution in [0.25, 0.3) is 0 Å². The number of nitrogens with two attached hydrogens (primary N) is 1. The van der Waals surface area contributed by atoms with Gasteiger partial charge in [0, 0.05) is 12.2 Å². The van der Waals surface area contributed by atoms with E-state index in [1.165, 1.54) is 12.1 Å². The summed E-state index contributed by atoms with van der Waals surface area (Å²) < 4.78 is 28.7. The first-order valence-electron chi connectivity index (χ1n) is 10.3. The first-order valence-corrected chi connectivity index (χ1v) is 11.8. The summed E-state index contributed by atoms with van der Waals surface area (Å²) in [5.74, 6) is -0.504. The van der Waals surface area contributed by atoms with Crippen LogP contribution >= 0.6 is 0 Å². The molecule has 3 amide bonds. The van der Waals surface area contributed by atoms with Crippen LogP contribution in [0.1, 0.15) is 17.5 Å². The Bertz CT molecular complexity index is 1200. The van der Waals surface area contributed by atoms with E-state index in [1.54, 1.807) is 42.5 Å². The number of benzene rings is 2. The minimum absolute atomic E-state index is 0.00722. The second-order valence-electron chi connectivity index (χ2n) is 7.50. The average Bonchev–Trinajstić information content (AvgIpc) is 3.07. The number of amides is 3. The second kappa shape index (κ2) is 10.8. The number of urea groups is 1. The summed E-state index contributed by atoms with van der Waals surface area (Å²) in [5, 5.41) is 5.22. The normalized spacial score (nSPS) is 14.2. The highest BCUT2D eigenvalue weighted by Gasteiger charge is 2.28. The topological polar surface area (TPSA) is 130 Å². The molecule has 0 aromatic heterocycles. The molecule has 1 aliphatic rings. The lowest BCUT2D eigenvalue weighted by Gasteiger charge is -2.20. The molecule has 1 unspecified atom stereocenters. The number of carbonyl (C=O) groups is 2.